The fraction of sp³-hybridized carbons (Fsp3) is 0.238. The number of methoxy groups -OCH3 is 2. The van der Waals surface area contributed by atoms with Gasteiger partial charge in [0.2, 0.25) is 0 Å². The first-order chi connectivity index (χ1) is 13.2. The summed E-state index contributed by atoms with van der Waals surface area (Å²) in [7, 11) is 3.22. The zero-order valence-corrected chi connectivity index (χ0v) is 15.3. The SMILES string of the molecule is COc1ccc(/C=C/c2[nH]nc3ccc(C(=O)NC4CC4)c(OC)c23)cc1. The molecule has 4 rings (SSSR count). The molecule has 6 heteroatoms. The lowest BCUT2D eigenvalue weighted by molar-refractivity contribution is 0.0948. The minimum Gasteiger partial charge on any atom is -0.497 e. The van der Waals surface area contributed by atoms with Crippen molar-refractivity contribution in [2.45, 2.75) is 18.9 Å². The maximum absolute atomic E-state index is 12.5. The summed E-state index contributed by atoms with van der Waals surface area (Å²) >= 11 is 0. The van der Waals surface area contributed by atoms with Crippen molar-refractivity contribution in [3.63, 3.8) is 0 Å². The first-order valence-electron chi connectivity index (χ1n) is 8.87. The van der Waals surface area contributed by atoms with Crippen LogP contribution in [0.25, 0.3) is 23.1 Å². The summed E-state index contributed by atoms with van der Waals surface area (Å²) in [5, 5.41) is 11.2. The number of aromatic nitrogens is 2. The molecule has 0 radical (unpaired) electrons. The molecule has 0 saturated heterocycles. The number of amides is 1. The fourth-order valence-electron chi connectivity index (χ4n) is 3.00. The molecule has 1 fully saturated rings. The summed E-state index contributed by atoms with van der Waals surface area (Å²) in [6, 6.07) is 11.6. The van der Waals surface area contributed by atoms with Crippen molar-refractivity contribution in [3.8, 4) is 11.5 Å². The van der Waals surface area contributed by atoms with Gasteiger partial charge in [0.1, 0.15) is 11.5 Å². The molecule has 2 aromatic carbocycles. The van der Waals surface area contributed by atoms with E-state index in [0.717, 1.165) is 40.8 Å². The van der Waals surface area contributed by atoms with Crippen LogP contribution in [0.5, 0.6) is 11.5 Å². The topological polar surface area (TPSA) is 76.2 Å². The van der Waals surface area contributed by atoms with Gasteiger partial charge in [-0.3, -0.25) is 9.89 Å². The molecule has 1 heterocycles. The molecule has 1 aliphatic carbocycles. The second-order valence-corrected chi connectivity index (χ2v) is 6.53. The van der Waals surface area contributed by atoms with Crippen molar-refractivity contribution >= 4 is 29.0 Å². The first kappa shape index (κ1) is 17.1. The Kier molecular flexibility index (Phi) is 4.54. The Labute approximate surface area is 157 Å². The number of carbonyl (C=O) groups excluding carboxylic acids is 1. The smallest absolute Gasteiger partial charge is 0.255 e. The van der Waals surface area contributed by atoms with Crippen molar-refractivity contribution in [1.29, 1.82) is 0 Å². The van der Waals surface area contributed by atoms with E-state index in [4.69, 9.17) is 9.47 Å². The monoisotopic (exact) mass is 363 g/mol. The predicted molar refractivity (Wildman–Crippen MR) is 105 cm³/mol. The summed E-state index contributed by atoms with van der Waals surface area (Å²) in [5.74, 6) is 1.24. The highest BCUT2D eigenvalue weighted by atomic mass is 16.5. The summed E-state index contributed by atoms with van der Waals surface area (Å²) < 4.78 is 10.8. The van der Waals surface area contributed by atoms with Crippen LogP contribution in [0.2, 0.25) is 0 Å². The number of rotatable bonds is 6. The summed E-state index contributed by atoms with van der Waals surface area (Å²) in [5.41, 5.74) is 3.10. The van der Waals surface area contributed by atoms with E-state index < -0.39 is 0 Å². The predicted octanol–water partition coefficient (Wildman–Crippen LogP) is 3.64. The highest BCUT2D eigenvalue weighted by Gasteiger charge is 2.26. The number of ether oxygens (including phenoxy) is 2. The van der Waals surface area contributed by atoms with Crippen LogP contribution in [0, 0.1) is 0 Å². The van der Waals surface area contributed by atoms with E-state index >= 15 is 0 Å². The van der Waals surface area contributed by atoms with Crippen LogP contribution < -0.4 is 14.8 Å². The number of aromatic amines is 1. The van der Waals surface area contributed by atoms with Crippen molar-refractivity contribution in [2.75, 3.05) is 14.2 Å². The van der Waals surface area contributed by atoms with E-state index in [1.165, 1.54) is 0 Å². The number of H-pyrrole nitrogens is 1. The summed E-state index contributed by atoms with van der Waals surface area (Å²) in [6.45, 7) is 0. The second-order valence-electron chi connectivity index (χ2n) is 6.53. The van der Waals surface area contributed by atoms with Gasteiger partial charge in [-0.05, 0) is 48.7 Å². The van der Waals surface area contributed by atoms with Gasteiger partial charge in [0.25, 0.3) is 5.91 Å². The van der Waals surface area contributed by atoms with E-state index in [1.54, 1.807) is 20.3 Å². The Balaban J connectivity index is 1.69. The van der Waals surface area contributed by atoms with Gasteiger partial charge in [-0.2, -0.15) is 5.10 Å². The molecule has 1 aromatic heterocycles. The van der Waals surface area contributed by atoms with Crippen LogP contribution in [0.1, 0.15) is 34.5 Å². The molecule has 0 bridgehead atoms. The number of hydrogen-bond acceptors (Lipinski definition) is 4. The summed E-state index contributed by atoms with van der Waals surface area (Å²) in [4.78, 5) is 12.5. The molecule has 1 saturated carbocycles. The van der Waals surface area contributed by atoms with Gasteiger partial charge < -0.3 is 14.8 Å². The zero-order chi connectivity index (χ0) is 18.8. The Morgan fingerprint density at radius 3 is 2.56 bits per heavy atom. The number of nitrogens with zero attached hydrogens (tertiary/aromatic N) is 1. The standard InChI is InChI=1S/C21H21N3O3/c1-26-15-8-3-13(4-9-15)5-11-17-19-18(24-23-17)12-10-16(20(19)27-2)21(25)22-14-6-7-14/h3-5,8-12,14H,6-7H2,1-2H3,(H,22,25)(H,23,24)/b11-5+. The van der Waals surface area contributed by atoms with Crippen LogP contribution in [0.4, 0.5) is 0 Å². The number of benzene rings is 2. The minimum absolute atomic E-state index is 0.109. The third-order valence-electron chi connectivity index (χ3n) is 4.62. The quantitative estimate of drug-likeness (QED) is 0.701. The fourth-order valence-corrected chi connectivity index (χ4v) is 3.00. The third kappa shape index (κ3) is 3.51. The minimum atomic E-state index is -0.109. The average Bonchev–Trinajstić information content (AvgIpc) is 3.42. The van der Waals surface area contributed by atoms with Crippen LogP contribution in [-0.2, 0) is 0 Å². The largest absolute Gasteiger partial charge is 0.497 e. The molecule has 3 aromatic rings. The van der Waals surface area contributed by atoms with Gasteiger partial charge in [-0.15, -0.1) is 0 Å². The Hall–Kier alpha value is -3.28. The lowest BCUT2D eigenvalue weighted by atomic mass is 10.1. The number of fused-ring (bicyclic) bond motifs is 1. The molecule has 0 atom stereocenters. The Morgan fingerprint density at radius 2 is 1.89 bits per heavy atom. The number of hydrogen-bond donors (Lipinski definition) is 2. The van der Waals surface area contributed by atoms with Gasteiger partial charge in [0.05, 0.1) is 36.4 Å². The van der Waals surface area contributed by atoms with E-state index in [0.29, 0.717) is 11.3 Å². The maximum Gasteiger partial charge on any atom is 0.255 e. The number of nitrogens with one attached hydrogen (secondary N) is 2. The molecular formula is C21H21N3O3. The van der Waals surface area contributed by atoms with Crippen molar-refractivity contribution in [1.82, 2.24) is 15.5 Å². The van der Waals surface area contributed by atoms with Gasteiger partial charge >= 0.3 is 0 Å². The number of carbonyl (C=O) groups is 1. The van der Waals surface area contributed by atoms with Crippen LogP contribution in [0.3, 0.4) is 0 Å². The van der Waals surface area contributed by atoms with Crippen LogP contribution >= 0.6 is 0 Å². The van der Waals surface area contributed by atoms with E-state index in [9.17, 15) is 4.79 Å². The van der Waals surface area contributed by atoms with Crippen LogP contribution in [0.15, 0.2) is 36.4 Å². The lowest BCUT2D eigenvalue weighted by Crippen LogP contribution is -2.25. The Bertz CT molecular complexity index is 1000. The summed E-state index contributed by atoms with van der Waals surface area (Å²) in [6.07, 6.45) is 5.99. The lowest BCUT2D eigenvalue weighted by Gasteiger charge is -2.10. The highest BCUT2D eigenvalue weighted by Crippen LogP contribution is 2.33. The molecule has 0 spiro atoms. The van der Waals surface area contributed by atoms with Crippen molar-refractivity contribution in [3.05, 3.63) is 53.2 Å². The molecule has 27 heavy (non-hydrogen) atoms. The van der Waals surface area contributed by atoms with Gasteiger partial charge in [0, 0.05) is 6.04 Å². The molecule has 2 N–H and O–H groups in total. The molecule has 1 amide bonds. The molecule has 0 aliphatic heterocycles. The molecule has 1 aliphatic rings. The van der Waals surface area contributed by atoms with Crippen LogP contribution in [-0.4, -0.2) is 36.4 Å². The second kappa shape index (κ2) is 7.15. The first-order valence-corrected chi connectivity index (χ1v) is 8.87. The maximum atomic E-state index is 12.5. The van der Waals surface area contributed by atoms with Gasteiger partial charge in [-0.1, -0.05) is 18.2 Å². The van der Waals surface area contributed by atoms with E-state index in [1.807, 2.05) is 42.5 Å². The van der Waals surface area contributed by atoms with Crippen molar-refractivity contribution in [2.24, 2.45) is 0 Å². The van der Waals surface area contributed by atoms with E-state index in [-0.39, 0.29) is 11.9 Å². The Morgan fingerprint density at radius 1 is 1.11 bits per heavy atom. The third-order valence-corrected chi connectivity index (χ3v) is 4.62. The average molecular weight is 363 g/mol. The van der Waals surface area contributed by atoms with E-state index in [2.05, 4.69) is 15.5 Å². The molecule has 138 valence electrons. The normalized spacial score (nSPS) is 13.9. The van der Waals surface area contributed by atoms with Gasteiger partial charge in [-0.25, -0.2) is 0 Å². The molecular weight excluding hydrogens is 342 g/mol. The zero-order valence-electron chi connectivity index (χ0n) is 15.3. The molecule has 0 unspecified atom stereocenters. The van der Waals surface area contributed by atoms with Crippen molar-refractivity contribution < 1.29 is 14.3 Å². The van der Waals surface area contributed by atoms with Gasteiger partial charge in [0.15, 0.2) is 0 Å². The molecule has 6 nitrogen and oxygen atoms in total. The highest BCUT2D eigenvalue weighted by molar-refractivity contribution is 6.05.